The summed E-state index contributed by atoms with van der Waals surface area (Å²) in [6.45, 7) is 0. The Labute approximate surface area is 391 Å². The Morgan fingerprint density at radius 1 is 0.382 bits per heavy atom. The number of ketones is 1. The van der Waals surface area contributed by atoms with Gasteiger partial charge in [-0.2, -0.15) is 0 Å². The second kappa shape index (κ2) is 15.8. The molecule has 0 unspecified atom stereocenters. The van der Waals surface area contributed by atoms with Crippen LogP contribution in [-0.2, 0) is 5.41 Å². The van der Waals surface area contributed by atoms with Crippen molar-refractivity contribution in [1.82, 2.24) is 4.57 Å². The number of para-hydroxylation sites is 4. The first-order valence-corrected chi connectivity index (χ1v) is 22.8. The maximum Gasteiger partial charge on any atom is 0.197 e. The molecule has 0 aliphatic heterocycles. The molecule has 0 spiro atoms. The highest BCUT2D eigenvalue weighted by molar-refractivity contribution is 6.14. The minimum absolute atomic E-state index is 0.0271. The van der Waals surface area contributed by atoms with E-state index in [1.165, 1.54) is 0 Å². The number of anilines is 3. The monoisotopic (exact) mass is 876 g/mol. The van der Waals surface area contributed by atoms with Crippen LogP contribution in [-0.4, -0.2) is 10.4 Å². The van der Waals surface area contributed by atoms with Crippen molar-refractivity contribution in [2.24, 2.45) is 0 Å². The van der Waals surface area contributed by atoms with E-state index in [1.54, 1.807) is 0 Å². The van der Waals surface area contributed by atoms with E-state index in [4.69, 9.17) is 13.3 Å². The zero-order chi connectivity index (χ0) is 45.2. The van der Waals surface area contributed by atoms with E-state index in [-0.39, 0.29) is 5.78 Å². The standard InChI is InChI=1S/C62H40N2O4/c65-60-49-25-13-14-26-51(49)62(43-17-5-1-6-18-43,44-19-7-2-8-20-44)52-39-42(31-35-50(52)60)41-29-32-47(33-30-41)64-53-40-48(63(45-21-9-3-10-22-45)46-23-11-4-12-24-46)34-36-54(53)66-57-37-38-58-61(59(57)64)68-56-28-16-15-27-55(56)67-58/h1-40H. The van der Waals surface area contributed by atoms with E-state index in [9.17, 15) is 4.79 Å². The van der Waals surface area contributed by atoms with Crippen molar-refractivity contribution in [3.05, 3.63) is 276 Å². The van der Waals surface area contributed by atoms with Gasteiger partial charge < -0.3 is 22.7 Å². The lowest BCUT2D eigenvalue weighted by molar-refractivity contribution is 0.103. The van der Waals surface area contributed by atoms with Crippen molar-refractivity contribution in [1.29, 1.82) is 0 Å². The van der Waals surface area contributed by atoms with Crippen molar-refractivity contribution < 1.29 is 18.0 Å². The zero-order valence-electron chi connectivity index (χ0n) is 36.6. The van der Waals surface area contributed by atoms with Gasteiger partial charge >= 0.3 is 0 Å². The van der Waals surface area contributed by atoms with Crippen LogP contribution in [0.25, 0.3) is 61.3 Å². The lowest BCUT2D eigenvalue weighted by atomic mass is 9.59. The van der Waals surface area contributed by atoms with Crippen LogP contribution in [0.5, 0.6) is 0 Å². The summed E-state index contributed by atoms with van der Waals surface area (Å²) in [6, 6.07) is 82.8. The number of rotatable bonds is 7. The third-order valence-corrected chi connectivity index (χ3v) is 13.4. The van der Waals surface area contributed by atoms with Gasteiger partial charge in [-0.05, 0) is 118 Å². The van der Waals surface area contributed by atoms with Gasteiger partial charge in [-0.25, -0.2) is 0 Å². The van der Waals surface area contributed by atoms with Gasteiger partial charge in [0.1, 0.15) is 5.52 Å². The first-order chi connectivity index (χ1) is 33.6. The molecular formula is C62H40N2O4. The SMILES string of the molecule is O=C1c2ccccc2C(c2ccccc2)(c2ccccc2)c2cc(-c3ccc(-n4c5cc(N(c6ccccc6)c6ccccc6)ccc5oc5ccc6oc7ccccc7oc6c54)cc3)ccc21. The van der Waals surface area contributed by atoms with Gasteiger partial charge in [-0.1, -0.05) is 158 Å². The average Bonchev–Trinajstić information content (AvgIpc) is 3.41. The first-order valence-electron chi connectivity index (χ1n) is 22.8. The van der Waals surface area contributed by atoms with E-state index in [0.29, 0.717) is 39.1 Å². The number of fused-ring (bicyclic) bond motifs is 7. The van der Waals surface area contributed by atoms with Crippen LogP contribution in [0.1, 0.15) is 38.2 Å². The topological polar surface area (TPSA) is 64.7 Å². The first kappa shape index (κ1) is 39.3. The van der Waals surface area contributed by atoms with Crippen LogP contribution in [0.3, 0.4) is 0 Å². The Hall–Kier alpha value is -9.13. The molecular weight excluding hydrogens is 837 g/mol. The molecule has 1 aliphatic carbocycles. The van der Waals surface area contributed by atoms with Gasteiger partial charge in [0.2, 0.25) is 0 Å². The van der Waals surface area contributed by atoms with Gasteiger partial charge in [0.25, 0.3) is 0 Å². The van der Waals surface area contributed by atoms with Crippen LogP contribution in [0.2, 0.25) is 0 Å². The molecule has 0 amide bonds. The van der Waals surface area contributed by atoms with Crippen molar-refractivity contribution in [2.45, 2.75) is 5.41 Å². The second-order valence-corrected chi connectivity index (χ2v) is 17.2. The quantitative estimate of drug-likeness (QED) is 0.118. The molecule has 6 nitrogen and oxygen atoms in total. The van der Waals surface area contributed by atoms with Gasteiger partial charge in [-0.15, -0.1) is 0 Å². The molecule has 13 rings (SSSR count). The molecule has 1 aliphatic rings. The Bertz CT molecular complexity index is 3840. The van der Waals surface area contributed by atoms with Crippen LogP contribution in [0.4, 0.5) is 17.1 Å². The number of hydrogen-bond acceptors (Lipinski definition) is 5. The molecule has 10 aromatic carbocycles. The minimum atomic E-state index is -0.746. The summed E-state index contributed by atoms with van der Waals surface area (Å²) < 4.78 is 22.2. The van der Waals surface area contributed by atoms with Gasteiger partial charge in [0, 0.05) is 33.9 Å². The molecule has 2 aromatic heterocycles. The molecule has 0 atom stereocenters. The average molecular weight is 877 g/mol. The molecule has 0 fully saturated rings. The lowest BCUT2D eigenvalue weighted by Gasteiger charge is -2.42. The van der Waals surface area contributed by atoms with E-state index < -0.39 is 5.41 Å². The normalized spacial score (nSPS) is 12.9. The predicted molar refractivity (Wildman–Crippen MR) is 272 cm³/mol. The third kappa shape index (κ3) is 6.15. The summed E-state index contributed by atoms with van der Waals surface area (Å²) in [4.78, 5) is 16.7. The van der Waals surface area contributed by atoms with Crippen molar-refractivity contribution >= 4 is 67.4 Å². The van der Waals surface area contributed by atoms with Crippen molar-refractivity contribution in [3.8, 4) is 16.8 Å². The second-order valence-electron chi connectivity index (χ2n) is 17.2. The smallest absolute Gasteiger partial charge is 0.197 e. The molecule has 12 aromatic rings. The highest BCUT2D eigenvalue weighted by Crippen LogP contribution is 2.51. The molecule has 68 heavy (non-hydrogen) atoms. The fourth-order valence-electron chi connectivity index (χ4n) is 10.4. The number of carbonyl (C=O) groups is 1. The fourth-order valence-corrected chi connectivity index (χ4v) is 10.4. The Morgan fingerprint density at radius 3 is 1.59 bits per heavy atom. The molecule has 0 N–H and O–H groups in total. The summed E-state index contributed by atoms with van der Waals surface area (Å²) in [5, 5.41) is 0. The van der Waals surface area contributed by atoms with Crippen molar-refractivity contribution in [3.63, 3.8) is 0 Å². The zero-order valence-corrected chi connectivity index (χ0v) is 36.6. The molecule has 322 valence electrons. The summed E-state index contributed by atoms with van der Waals surface area (Å²) in [5.74, 6) is 0.0271. The van der Waals surface area contributed by atoms with E-state index in [0.717, 1.165) is 72.7 Å². The Morgan fingerprint density at radius 2 is 0.912 bits per heavy atom. The van der Waals surface area contributed by atoms with Gasteiger partial charge in [0.15, 0.2) is 39.3 Å². The number of aromatic nitrogens is 1. The molecule has 0 radical (unpaired) electrons. The molecule has 0 bridgehead atoms. The van der Waals surface area contributed by atoms with E-state index in [1.807, 2.05) is 91.0 Å². The van der Waals surface area contributed by atoms with Gasteiger partial charge in [0.05, 0.1) is 10.9 Å². The Balaban J connectivity index is 1.03. The summed E-state index contributed by atoms with van der Waals surface area (Å²) in [5.41, 5.74) is 16.0. The van der Waals surface area contributed by atoms with Crippen LogP contribution in [0, 0.1) is 0 Å². The maximum absolute atomic E-state index is 14.5. The number of hydrogen-bond donors (Lipinski definition) is 0. The van der Waals surface area contributed by atoms with Crippen LogP contribution >= 0.6 is 0 Å². The van der Waals surface area contributed by atoms with Gasteiger partial charge in [-0.3, -0.25) is 4.79 Å². The molecule has 0 saturated carbocycles. The predicted octanol–water partition coefficient (Wildman–Crippen LogP) is 16.1. The maximum atomic E-state index is 14.5. The number of benzene rings is 10. The summed E-state index contributed by atoms with van der Waals surface area (Å²) in [7, 11) is 0. The number of nitrogens with zero attached hydrogens (tertiary/aromatic N) is 2. The van der Waals surface area contributed by atoms with E-state index in [2.05, 4.69) is 161 Å². The highest BCUT2D eigenvalue weighted by Gasteiger charge is 2.46. The number of carbonyl (C=O) groups excluding carboxylic acids is 1. The largest absolute Gasteiger partial charge is 0.453 e. The summed E-state index contributed by atoms with van der Waals surface area (Å²) >= 11 is 0. The fraction of sp³-hybridized carbons (Fsp3) is 0.0161. The van der Waals surface area contributed by atoms with Crippen molar-refractivity contribution in [2.75, 3.05) is 4.90 Å². The third-order valence-electron chi connectivity index (χ3n) is 13.4. The van der Waals surface area contributed by atoms with Crippen LogP contribution in [0.15, 0.2) is 256 Å². The summed E-state index contributed by atoms with van der Waals surface area (Å²) in [6.07, 6.45) is 0. The lowest BCUT2D eigenvalue weighted by Crippen LogP contribution is -2.38. The minimum Gasteiger partial charge on any atom is -0.453 e. The van der Waals surface area contributed by atoms with E-state index >= 15 is 0 Å². The molecule has 2 heterocycles. The highest BCUT2D eigenvalue weighted by atomic mass is 16.4. The molecule has 0 saturated heterocycles. The molecule has 6 heteroatoms. The Kier molecular flexibility index (Phi) is 9.12. The van der Waals surface area contributed by atoms with Crippen LogP contribution < -0.4 is 4.90 Å².